The number of phenols is 1. The second-order valence-electron chi connectivity index (χ2n) is 19.3. The fourth-order valence-corrected chi connectivity index (χ4v) is 10.0. The van der Waals surface area contributed by atoms with Gasteiger partial charge >= 0.3 is 0 Å². The summed E-state index contributed by atoms with van der Waals surface area (Å²) in [5.41, 5.74) is 16.5. The first-order valence-electron chi connectivity index (χ1n) is 23.4. The molecule has 0 saturated carbocycles. The smallest absolute Gasteiger partial charge is 0.219 e. The van der Waals surface area contributed by atoms with E-state index in [9.17, 15) is 5.11 Å². The van der Waals surface area contributed by atoms with Gasteiger partial charge in [0, 0.05) is 28.1 Å². The fourth-order valence-electron chi connectivity index (χ4n) is 10.0. The molecule has 2 atom stereocenters. The molecule has 2 heterocycles. The third-order valence-electron chi connectivity index (χ3n) is 13.5. The minimum Gasteiger partial charge on any atom is -0.506 e. The standard InChI is InChI=1S/C62H53N3O2/c1-39(2)45-31-47(34-49(33-45)67-57-30-29-44-32-48(62(3,4)5)38-56(66)58(44)63-57)61-64-59-52-28-18-17-27-51(52)50-26-16-15-25-43(50)37-55(59)65(61)60-53(41-21-11-7-12-22-41)35-46(40-19-9-6-10-20-40)36-54(60)42-23-13-8-14-24-42/h6-36,38-39,55,59,66H,37H2,1-5H3/t55-,59+/m1/s1. The number of amidine groups is 1. The van der Waals surface area contributed by atoms with Crippen LogP contribution in [0.5, 0.6) is 17.4 Å². The SMILES string of the molecule is CC(C)c1cc(Oc2ccc3cc(C(C)(C)C)cc(O)c3n2)cc(C2=N[C@H]3c4ccccc4-c4ccccc4C[C@H]3N2c2c(-c3ccccc3)cc(-c3ccccc3)cc2-c2ccccc2)c1. The van der Waals surface area contributed by atoms with E-state index in [1.807, 2.05) is 18.2 Å². The summed E-state index contributed by atoms with van der Waals surface area (Å²) in [5.74, 6) is 2.28. The molecule has 0 unspecified atom stereocenters. The third kappa shape index (κ3) is 7.84. The third-order valence-corrected chi connectivity index (χ3v) is 13.5. The van der Waals surface area contributed by atoms with Crippen LogP contribution in [0, 0.1) is 0 Å². The van der Waals surface area contributed by atoms with Crippen molar-refractivity contribution < 1.29 is 9.84 Å². The molecule has 0 amide bonds. The van der Waals surface area contributed by atoms with Gasteiger partial charge in [0.25, 0.3) is 0 Å². The van der Waals surface area contributed by atoms with Crippen LogP contribution in [0.1, 0.15) is 74.4 Å². The van der Waals surface area contributed by atoms with Crippen molar-refractivity contribution in [2.45, 2.75) is 64.5 Å². The minimum atomic E-state index is -0.185. The number of rotatable bonds is 8. The van der Waals surface area contributed by atoms with E-state index < -0.39 is 0 Å². The quantitative estimate of drug-likeness (QED) is 0.165. The van der Waals surface area contributed by atoms with E-state index in [0.717, 1.165) is 73.4 Å². The Morgan fingerprint density at radius 3 is 1.85 bits per heavy atom. The molecule has 0 spiro atoms. The first-order chi connectivity index (χ1) is 32.6. The van der Waals surface area contributed by atoms with Crippen LogP contribution in [0.3, 0.4) is 0 Å². The van der Waals surface area contributed by atoms with Gasteiger partial charge in [-0.1, -0.05) is 174 Å². The second-order valence-corrected chi connectivity index (χ2v) is 19.3. The van der Waals surface area contributed by atoms with Gasteiger partial charge in [-0.15, -0.1) is 0 Å². The van der Waals surface area contributed by atoms with Crippen LogP contribution in [0.15, 0.2) is 199 Å². The van der Waals surface area contributed by atoms with Crippen molar-refractivity contribution in [3.8, 4) is 61.9 Å². The van der Waals surface area contributed by atoms with Gasteiger partial charge in [-0.3, -0.25) is 4.99 Å². The van der Waals surface area contributed by atoms with Gasteiger partial charge in [0.15, 0.2) is 0 Å². The summed E-state index contributed by atoms with van der Waals surface area (Å²) >= 11 is 0. The number of ether oxygens (including phenoxy) is 1. The summed E-state index contributed by atoms with van der Waals surface area (Å²) in [7, 11) is 0. The number of hydrogen-bond donors (Lipinski definition) is 1. The summed E-state index contributed by atoms with van der Waals surface area (Å²) in [6.07, 6.45) is 0.778. The molecule has 5 nitrogen and oxygen atoms in total. The molecule has 1 aromatic heterocycles. The van der Waals surface area contributed by atoms with E-state index in [4.69, 9.17) is 14.7 Å². The summed E-state index contributed by atoms with van der Waals surface area (Å²) in [5, 5.41) is 12.1. The highest BCUT2D eigenvalue weighted by Gasteiger charge is 2.43. The maximum atomic E-state index is 11.3. The van der Waals surface area contributed by atoms with Crippen molar-refractivity contribution in [3.63, 3.8) is 0 Å². The maximum absolute atomic E-state index is 11.3. The number of aliphatic imine (C=N–C) groups is 1. The molecular weight excluding hydrogens is 819 g/mol. The van der Waals surface area contributed by atoms with Crippen LogP contribution >= 0.6 is 0 Å². The Kier molecular flexibility index (Phi) is 10.6. The number of phenolic OH excluding ortho intramolecular Hbond substituents is 1. The van der Waals surface area contributed by atoms with Gasteiger partial charge in [-0.2, -0.15) is 0 Å². The number of benzene rings is 8. The Balaban J connectivity index is 1.16. The van der Waals surface area contributed by atoms with Crippen LogP contribution in [0.25, 0.3) is 55.4 Å². The van der Waals surface area contributed by atoms with Gasteiger partial charge < -0.3 is 14.7 Å². The van der Waals surface area contributed by atoms with E-state index in [2.05, 4.69) is 215 Å². The molecule has 1 N–H and O–H groups in total. The van der Waals surface area contributed by atoms with Crippen LogP contribution in [-0.4, -0.2) is 22.0 Å². The second kappa shape index (κ2) is 16.9. The largest absolute Gasteiger partial charge is 0.506 e. The number of pyridine rings is 1. The zero-order chi connectivity index (χ0) is 45.8. The molecule has 0 bridgehead atoms. The molecule has 8 aromatic carbocycles. The van der Waals surface area contributed by atoms with Gasteiger partial charge in [0.2, 0.25) is 5.88 Å². The first kappa shape index (κ1) is 41.9. The molecule has 0 radical (unpaired) electrons. The first-order valence-corrected chi connectivity index (χ1v) is 23.4. The maximum Gasteiger partial charge on any atom is 0.219 e. The lowest BCUT2D eigenvalue weighted by Gasteiger charge is -2.34. The Morgan fingerprint density at radius 2 is 1.19 bits per heavy atom. The van der Waals surface area contributed by atoms with E-state index in [0.29, 0.717) is 17.1 Å². The van der Waals surface area contributed by atoms with Crippen molar-refractivity contribution in [1.82, 2.24) is 4.98 Å². The molecule has 0 fully saturated rings. The molecule has 328 valence electrons. The van der Waals surface area contributed by atoms with Crippen molar-refractivity contribution in [1.29, 1.82) is 0 Å². The predicted octanol–water partition coefficient (Wildman–Crippen LogP) is 15.8. The Morgan fingerprint density at radius 1 is 0.582 bits per heavy atom. The Labute approximate surface area is 393 Å². The highest BCUT2D eigenvalue weighted by molar-refractivity contribution is 6.16. The van der Waals surface area contributed by atoms with E-state index >= 15 is 0 Å². The summed E-state index contributed by atoms with van der Waals surface area (Å²) in [6.45, 7) is 10.9. The number of nitrogens with zero attached hydrogens (tertiary/aromatic N) is 3. The summed E-state index contributed by atoms with van der Waals surface area (Å²) < 4.78 is 6.77. The number of anilines is 1. The molecular formula is C62H53N3O2. The zero-order valence-corrected chi connectivity index (χ0v) is 38.6. The average Bonchev–Trinajstić information content (AvgIpc) is 3.65. The van der Waals surface area contributed by atoms with E-state index in [1.54, 1.807) is 0 Å². The average molecular weight is 872 g/mol. The van der Waals surface area contributed by atoms with Crippen LogP contribution in [0.2, 0.25) is 0 Å². The van der Waals surface area contributed by atoms with Crippen molar-refractivity contribution >= 4 is 22.4 Å². The Bertz CT molecular complexity index is 3270. The highest BCUT2D eigenvalue weighted by Crippen LogP contribution is 2.51. The topological polar surface area (TPSA) is 58.0 Å². The summed E-state index contributed by atoms with van der Waals surface area (Å²) in [4.78, 5) is 13.4. The minimum absolute atomic E-state index is 0.0810. The van der Waals surface area contributed by atoms with Crippen LogP contribution in [0.4, 0.5) is 5.69 Å². The predicted molar refractivity (Wildman–Crippen MR) is 277 cm³/mol. The molecule has 5 heteroatoms. The van der Waals surface area contributed by atoms with Crippen molar-refractivity contribution in [2.75, 3.05) is 4.90 Å². The van der Waals surface area contributed by atoms with Crippen molar-refractivity contribution in [3.05, 3.63) is 222 Å². The van der Waals surface area contributed by atoms with E-state index in [-0.39, 0.29) is 29.2 Å². The molecule has 11 rings (SSSR count). The van der Waals surface area contributed by atoms with Crippen LogP contribution < -0.4 is 9.64 Å². The van der Waals surface area contributed by atoms with E-state index in [1.165, 1.54) is 22.3 Å². The highest BCUT2D eigenvalue weighted by atomic mass is 16.5. The molecule has 2 aliphatic rings. The zero-order valence-electron chi connectivity index (χ0n) is 38.6. The summed E-state index contributed by atoms with van der Waals surface area (Å²) in [6, 6.07) is 68.9. The fraction of sp³-hybridized carbons (Fsp3) is 0.161. The van der Waals surface area contributed by atoms with Crippen LogP contribution in [-0.2, 0) is 11.8 Å². The van der Waals surface area contributed by atoms with Gasteiger partial charge in [-0.05, 0) is 122 Å². The van der Waals surface area contributed by atoms with Crippen molar-refractivity contribution in [2.24, 2.45) is 4.99 Å². The lowest BCUT2D eigenvalue weighted by atomic mass is 9.86. The van der Waals surface area contributed by atoms with Gasteiger partial charge in [0.1, 0.15) is 22.9 Å². The molecule has 9 aromatic rings. The lowest BCUT2D eigenvalue weighted by Crippen LogP contribution is -2.40. The van der Waals surface area contributed by atoms with Gasteiger partial charge in [-0.25, -0.2) is 4.98 Å². The number of fused-ring (bicyclic) bond motifs is 6. The molecule has 1 aliphatic carbocycles. The number of aromatic hydroxyl groups is 1. The molecule has 0 saturated heterocycles. The normalized spacial score (nSPS) is 15.4. The lowest BCUT2D eigenvalue weighted by molar-refractivity contribution is 0.458. The number of aromatic nitrogens is 1. The Hall–Kier alpha value is -7.76. The monoisotopic (exact) mass is 871 g/mol. The number of hydrogen-bond acceptors (Lipinski definition) is 5. The van der Waals surface area contributed by atoms with Gasteiger partial charge in [0.05, 0.1) is 17.8 Å². The molecule has 1 aliphatic heterocycles. The molecule has 67 heavy (non-hydrogen) atoms.